The van der Waals surface area contributed by atoms with E-state index in [-0.39, 0.29) is 18.2 Å². The van der Waals surface area contributed by atoms with Crippen molar-refractivity contribution in [1.29, 1.82) is 0 Å². The molecule has 210 valence electrons. The van der Waals surface area contributed by atoms with Gasteiger partial charge in [-0.25, -0.2) is 5.01 Å². The minimum atomic E-state index is -0.538. The van der Waals surface area contributed by atoms with Crippen LogP contribution in [0.4, 0.5) is 11.4 Å². The molecular formula is C31H26Cl3N3O4. The minimum absolute atomic E-state index is 0.157. The Kier molecular flexibility index (Phi) is 8.59. The number of hydrogen-bond acceptors (Lipinski definition) is 7. The van der Waals surface area contributed by atoms with E-state index in [1.807, 2.05) is 59.5 Å². The first-order valence-electron chi connectivity index (χ1n) is 12.6. The van der Waals surface area contributed by atoms with Crippen molar-refractivity contribution >= 4 is 57.8 Å². The van der Waals surface area contributed by atoms with Gasteiger partial charge in [-0.1, -0.05) is 46.9 Å². The van der Waals surface area contributed by atoms with Gasteiger partial charge in [0.05, 0.1) is 19.9 Å². The first-order chi connectivity index (χ1) is 19.8. The number of benzene rings is 4. The lowest BCUT2D eigenvalue weighted by Gasteiger charge is -2.32. The Hall–Kier alpha value is -3.91. The highest BCUT2D eigenvalue weighted by atomic mass is 35.5. The van der Waals surface area contributed by atoms with E-state index in [1.165, 1.54) is 6.92 Å². The summed E-state index contributed by atoms with van der Waals surface area (Å²) in [5.41, 5.74) is 2.99. The molecule has 1 atom stereocenters. The molecular weight excluding hydrogens is 585 g/mol. The topological polar surface area (TPSA) is 63.6 Å². The predicted molar refractivity (Wildman–Crippen MR) is 164 cm³/mol. The van der Waals surface area contributed by atoms with Crippen molar-refractivity contribution in [3.05, 3.63) is 111 Å². The molecule has 0 bridgehead atoms. The van der Waals surface area contributed by atoms with Gasteiger partial charge in [0.15, 0.2) is 29.3 Å². The number of anilines is 2. The average Bonchev–Trinajstić information content (AvgIpc) is 3.38. The third-order valence-electron chi connectivity index (χ3n) is 6.58. The number of ketones is 1. The second-order valence-electron chi connectivity index (χ2n) is 9.14. The molecule has 41 heavy (non-hydrogen) atoms. The minimum Gasteiger partial charge on any atom is -0.497 e. The quantitative estimate of drug-likeness (QED) is 0.190. The van der Waals surface area contributed by atoms with Gasteiger partial charge in [-0.2, -0.15) is 0 Å². The third kappa shape index (κ3) is 5.93. The van der Waals surface area contributed by atoms with Crippen LogP contribution in [0.2, 0.25) is 15.1 Å². The number of hydrogen-bond donors (Lipinski definition) is 0. The van der Waals surface area contributed by atoms with Gasteiger partial charge < -0.3 is 14.2 Å². The van der Waals surface area contributed by atoms with Gasteiger partial charge >= 0.3 is 0 Å². The van der Waals surface area contributed by atoms with Crippen molar-refractivity contribution in [3.8, 4) is 17.2 Å². The van der Waals surface area contributed by atoms with Crippen LogP contribution in [-0.2, 0) is 11.4 Å². The van der Waals surface area contributed by atoms with Crippen molar-refractivity contribution in [3.63, 3.8) is 0 Å². The molecule has 0 amide bonds. The van der Waals surface area contributed by atoms with E-state index in [0.717, 1.165) is 16.9 Å². The van der Waals surface area contributed by atoms with Gasteiger partial charge in [0, 0.05) is 38.8 Å². The van der Waals surface area contributed by atoms with Gasteiger partial charge in [-0.15, -0.1) is 5.10 Å². The Labute approximate surface area is 253 Å². The monoisotopic (exact) mass is 609 g/mol. The summed E-state index contributed by atoms with van der Waals surface area (Å²) in [6.07, 6.45) is -0.538. The highest BCUT2D eigenvalue weighted by Crippen LogP contribution is 2.42. The van der Waals surface area contributed by atoms with Gasteiger partial charge in [0.1, 0.15) is 12.4 Å². The maximum atomic E-state index is 12.9. The molecule has 1 aliphatic heterocycles. The van der Waals surface area contributed by atoms with Crippen molar-refractivity contribution in [2.75, 3.05) is 24.1 Å². The zero-order valence-corrected chi connectivity index (χ0v) is 24.7. The van der Waals surface area contributed by atoms with Crippen molar-refractivity contribution in [2.45, 2.75) is 19.7 Å². The van der Waals surface area contributed by atoms with Crippen molar-refractivity contribution in [2.24, 2.45) is 5.10 Å². The van der Waals surface area contributed by atoms with Gasteiger partial charge in [0.2, 0.25) is 0 Å². The number of carbonyl (C=O) groups excluding carboxylic acids is 1. The molecule has 0 N–H and O–H groups in total. The van der Waals surface area contributed by atoms with Crippen LogP contribution in [0.1, 0.15) is 24.2 Å². The molecule has 0 saturated heterocycles. The van der Waals surface area contributed by atoms with Crippen LogP contribution in [0.15, 0.2) is 90.0 Å². The first-order valence-corrected chi connectivity index (χ1v) is 13.8. The summed E-state index contributed by atoms with van der Waals surface area (Å²) in [6.45, 7) is 1.65. The van der Waals surface area contributed by atoms with E-state index >= 15 is 0 Å². The highest BCUT2D eigenvalue weighted by molar-refractivity contribution is 6.44. The maximum absolute atomic E-state index is 12.9. The number of Topliss-reactive ketones (excluding diaryl/α,β-unsaturated/α-hetero) is 1. The Morgan fingerprint density at radius 2 is 1.49 bits per heavy atom. The SMILES string of the molecule is COc1ccc(N2C(C(C)=O)=NN(c3ccc(Cl)cc3)[C@@H]2c2ccc(OCc3c(Cl)cccc3Cl)c(OC)c2)cc1. The molecule has 0 aliphatic carbocycles. The largest absolute Gasteiger partial charge is 0.497 e. The number of hydrazone groups is 1. The molecule has 10 heteroatoms. The van der Waals surface area contributed by atoms with E-state index in [0.29, 0.717) is 37.9 Å². The molecule has 1 heterocycles. The number of methoxy groups -OCH3 is 2. The molecule has 0 fully saturated rings. The molecule has 5 rings (SSSR count). The molecule has 0 saturated carbocycles. The van der Waals surface area contributed by atoms with Crippen molar-refractivity contribution < 1.29 is 19.0 Å². The summed E-state index contributed by atoms with van der Waals surface area (Å²) in [5.74, 6) is 1.79. The van der Waals surface area contributed by atoms with E-state index in [4.69, 9.17) is 54.1 Å². The Balaban J connectivity index is 1.57. The number of rotatable bonds is 9. The van der Waals surface area contributed by atoms with Gasteiger partial charge in [-0.3, -0.25) is 9.69 Å². The Morgan fingerprint density at radius 3 is 2.10 bits per heavy atom. The highest BCUT2D eigenvalue weighted by Gasteiger charge is 2.39. The molecule has 7 nitrogen and oxygen atoms in total. The molecule has 1 aliphatic rings. The Bertz CT molecular complexity index is 1570. The zero-order chi connectivity index (χ0) is 29.1. The van der Waals surface area contributed by atoms with E-state index in [1.54, 1.807) is 49.6 Å². The predicted octanol–water partition coefficient (Wildman–Crippen LogP) is 8.17. The van der Waals surface area contributed by atoms with Crippen LogP contribution in [0.5, 0.6) is 17.2 Å². The van der Waals surface area contributed by atoms with Crippen LogP contribution in [0.3, 0.4) is 0 Å². The molecule has 0 aromatic heterocycles. The average molecular weight is 611 g/mol. The van der Waals surface area contributed by atoms with Crippen LogP contribution in [0.25, 0.3) is 0 Å². The van der Waals surface area contributed by atoms with Crippen LogP contribution < -0.4 is 24.1 Å². The second kappa shape index (κ2) is 12.3. The third-order valence-corrected chi connectivity index (χ3v) is 7.54. The fourth-order valence-electron chi connectivity index (χ4n) is 4.54. The summed E-state index contributed by atoms with van der Waals surface area (Å²) in [4.78, 5) is 14.8. The zero-order valence-electron chi connectivity index (χ0n) is 22.5. The molecule has 0 radical (unpaired) electrons. The summed E-state index contributed by atoms with van der Waals surface area (Å²) >= 11 is 18.8. The lowest BCUT2D eigenvalue weighted by Crippen LogP contribution is -2.37. The number of amidine groups is 1. The van der Waals surface area contributed by atoms with Gasteiger partial charge in [0.25, 0.3) is 0 Å². The first kappa shape index (κ1) is 28.6. The summed E-state index contributed by atoms with van der Waals surface area (Å²) in [6, 6.07) is 25.6. The number of ether oxygens (including phenoxy) is 3. The fraction of sp³-hybridized carbons (Fsp3) is 0.161. The van der Waals surface area contributed by atoms with Crippen LogP contribution in [-0.4, -0.2) is 25.8 Å². The van der Waals surface area contributed by atoms with Gasteiger partial charge in [-0.05, 0) is 72.8 Å². The molecule has 0 spiro atoms. The summed E-state index contributed by atoms with van der Waals surface area (Å²) < 4.78 is 17.2. The molecule has 0 unspecified atom stereocenters. The lowest BCUT2D eigenvalue weighted by molar-refractivity contribution is -0.111. The van der Waals surface area contributed by atoms with Crippen molar-refractivity contribution in [1.82, 2.24) is 0 Å². The van der Waals surface area contributed by atoms with Crippen LogP contribution in [0, 0.1) is 0 Å². The van der Waals surface area contributed by atoms with E-state index < -0.39 is 6.17 Å². The number of halogens is 3. The van der Waals surface area contributed by atoms with E-state index in [2.05, 4.69) is 0 Å². The molecule has 4 aromatic carbocycles. The maximum Gasteiger partial charge on any atom is 0.198 e. The Morgan fingerprint density at radius 1 is 0.829 bits per heavy atom. The summed E-state index contributed by atoms with van der Waals surface area (Å²) in [7, 11) is 3.17. The second-order valence-corrected chi connectivity index (χ2v) is 10.4. The lowest BCUT2D eigenvalue weighted by atomic mass is 10.1. The summed E-state index contributed by atoms with van der Waals surface area (Å²) in [5, 5.41) is 8.18. The standard InChI is InChI=1S/C31H26Cl3N3O4/c1-19(38)30-35-37(23-10-8-21(32)9-11-23)31(36(30)22-12-14-24(39-2)15-13-22)20-7-16-28(29(17-20)40-3)41-18-25-26(33)5-4-6-27(25)34/h4-17,31H,18H2,1-3H3/t31-/m1/s1. The molecule has 4 aromatic rings. The number of carbonyl (C=O) groups is 1. The normalized spacial score (nSPS) is 14.6. The van der Waals surface area contributed by atoms with E-state index in [9.17, 15) is 4.79 Å². The smallest absolute Gasteiger partial charge is 0.198 e. The number of nitrogens with zero attached hydrogens (tertiary/aromatic N) is 3. The van der Waals surface area contributed by atoms with Crippen LogP contribution >= 0.6 is 34.8 Å². The fourth-order valence-corrected chi connectivity index (χ4v) is 5.18.